The highest BCUT2D eigenvalue weighted by molar-refractivity contribution is 5.85. The molecule has 154 valence electrons. The number of guanidine groups is 1. The summed E-state index contributed by atoms with van der Waals surface area (Å²) >= 11 is 0. The average Bonchev–Trinajstić information content (AvgIpc) is 3.17. The SMILES string of the molecule is CC1CCCCC1NC(=NCC(=O)N(C)C)N1CCC(N2CCCCC2)C1. The second-order valence-electron chi connectivity index (χ2n) is 8.93. The van der Waals surface area contributed by atoms with Crippen LogP contribution in [0.15, 0.2) is 4.99 Å². The molecule has 1 aliphatic carbocycles. The van der Waals surface area contributed by atoms with Gasteiger partial charge < -0.3 is 15.1 Å². The van der Waals surface area contributed by atoms with E-state index in [0.717, 1.165) is 19.0 Å². The van der Waals surface area contributed by atoms with Crippen molar-refractivity contribution in [2.75, 3.05) is 46.8 Å². The Morgan fingerprint density at radius 3 is 2.48 bits per heavy atom. The van der Waals surface area contributed by atoms with Crippen molar-refractivity contribution in [1.82, 2.24) is 20.0 Å². The van der Waals surface area contributed by atoms with E-state index in [1.54, 1.807) is 19.0 Å². The zero-order chi connectivity index (χ0) is 19.2. The van der Waals surface area contributed by atoms with Gasteiger partial charge in [0.25, 0.3) is 0 Å². The van der Waals surface area contributed by atoms with Crippen molar-refractivity contribution in [2.24, 2.45) is 10.9 Å². The van der Waals surface area contributed by atoms with E-state index in [4.69, 9.17) is 4.99 Å². The van der Waals surface area contributed by atoms with Gasteiger partial charge in [0.05, 0.1) is 0 Å². The van der Waals surface area contributed by atoms with Crippen LogP contribution in [0.25, 0.3) is 0 Å². The van der Waals surface area contributed by atoms with Gasteiger partial charge in [-0.2, -0.15) is 0 Å². The number of carbonyl (C=O) groups is 1. The molecule has 1 amide bonds. The lowest BCUT2D eigenvalue weighted by Gasteiger charge is -2.35. The van der Waals surface area contributed by atoms with Crippen molar-refractivity contribution in [3.8, 4) is 0 Å². The molecule has 2 saturated heterocycles. The van der Waals surface area contributed by atoms with Crippen LogP contribution in [0.2, 0.25) is 0 Å². The second-order valence-corrected chi connectivity index (χ2v) is 8.93. The number of carbonyl (C=O) groups excluding carboxylic acids is 1. The summed E-state index contributed by atoms with van der Waals surface area (Å²) in [5, 5.41) is 3.75. The zero-order valence-corrected chi connectivity index (χ0v) is 17.6. The number of piperidine rings is 1. The number of nitrogens with zero attached hydrogens (tertiary/aromatic N) is 4. The third-order valence-electron chi connectivity index (χ3n) is 6.66. The lowest BCUT2D eigenvalue weighted by Crippen LogP contribution is -2.50. The zero-order valence-electron chi connectivity index (χ0n) is 17.6. The Kier molecular flexibility index (Phi) is 7.39. The molecular weight excluding hydrogens is 338 g/mol. The fraction of sp³-hybridized carbons (Fsp3) is 0.905. The lowest BCUT2D eigenvalue weighted by molar-refractivity contribution is -0.127. The van der Waals surface area contributed by atoms with Crippen molar-refractivity contribution in [2.45, 2.75) is 70.4 Å². The molecule has 0 aromatic rings. The second kappa shape index (κ2) is 9.76. The Bertz CT molecular complexity index is 515. The van der Waals surface area contributed by atoms with Crippen LogP contribution in [-0.4, -0.2) is 85.5 Å². The third-order valence-corrected chi connectivity index (χ3v) is 6.66. The van der Waals surface area contributed by atoms with Crippen molar-refractivity contribution >= 4 is 11.9 Å². The molecule has 2 heterocycles. The number of hydrogen-bond donors (Lipinski definition) is 1. The summed E-state index contributed by atoms with van der Waals surface area (Å²) in [5.41, 5.74) is 0. The van der Waals surface area contributed by atoms with Crippen LogP contribution in [0.4, 0.5) is 0 Å². The summed E-state index contributed by atoms with van der Waals surface area (Å²) in [6.45, 7) is 7.17. The number of nitrogens with one attached hydrogen (secondary N) is 1. The summed E-state index contributed by atoms with van der Waals surface area (Å²) in [7, 11) is 3.60. The van der Waals surface area contributed by atoms with Gasteiger partial charge >= 0.3 is 0 Å². The predicted octanol–water partition coefficient (Wildman–Crippen LogP) is 2.16. The molecule has 6 nitrogen and oxygen atoms in total. The highest BCUT2D eigenvalue weighted by Crippen LogP contribution is 2.25. The first-order valence-corrected chi connectivity index (χ1v) is 11.0. The number of hydrogen-bond acceptors (Lipinski definition) is 3. The standard InChI is InChI=1S/C21H39N5O/c1-17-9-5-6-10-19(17)23-21(22-15-20(27)24(2)3)26-14-11-18(16-26)25-12-7-4-8-13-25/h17-19H,4-16H2,1-3H3,(H,22,23). The lowest BCUT2D eigenvalue weighted by atomic mass is 9.86. The van der Waals surface area contributed by atoms with E-state index in [1.807, 2.05) is 0 Å². The summed E-state index contributed by atoms with van der Waals surface area (Å²) in [5.74, 6) is 1.70. The van der Waals surface area contributed by atoms with Gasteiger partial charge in [0.1, 0.15) is 6.54 Å². The quantitative estimate of drug-likeness (QED) is 0.603. The average molecular weight is 378 g/mol. The Balaban J connectivity index is 1.65. The third kappa shape index (κ3) is 5.59. The van der Waals surface area contributed by atoms with Gasteiger partial charge in [-0.3, -0.25) is 9.69 Å². The number of likely N-dealkylation sites (tertiary alicyclic amines) is 2. The van der Waals surface area contributed by atoms with Crippen LogP contribution in [0.5, 0.6) is 0 Å². The van der Waals surface area contributed by atoms with Gasteiger partial charge in [-0.25, -0.2) is 4.99 Å². The molecule has 0 aromatic heterocycles. The molecule has 1 N–H and O–H groups in total. The minimum Gasteiger partial charge on any atom is -0.353 e. The molecule has 6 heteroatoms. The molecule has 3 aliphatic rings. The summed E-state index contributed by atoms with van der Waals surface area (Å²) in [6, 6.07) is 1.13. The van der Waals surface area contributed by atoms with Crippen LogP contribution >= 0.6 is 0 Å². The molecule has 3 atom stereocenters. The van der Waals surface area contributed by atoms with Gasteiger partial charge in [-0.1, -0.05) is 26.2 Å². The molecule has 3 unspecified atom stereocenters. The Morgan fingerprint density at radius 2 is 1.78 bits per heavy atom. The Morgan fingerprint density at radius 1 is 1.04 bits per heavy atom. The molecular formula is C21H39N5O. The summed E-state index contributed by atoms with van der Waals surface area (Å²) in [4.78, 5) is 23.6. The van der Waals surface area contributed by atoms with E-state index in [9.17, 15) is 4.79 Å². The first kappa shape index (κ1) is 20.4. The molecule has 2 aliphatic heterocycles. The monoisotopic (exact) mass is 377 g/mol. The molecule has 0 spiro atoms. The maximum absolute atomic E-state index is 12.1. The molecule has 0 aromatic carbocycles. The minimum atomic E-state index is 0.0674. The van der Waals surface area contributed by atoms with Gasteiger partial charge in [0.2, 0.25) is 5.91 Å². The molecule has 3 fully saturated rings. The highest BCUT2D eigenvalue weighted by atomic mass is 16.2. The van der Waals surface area contributed by atoms with Crippen LogP contribution in [0.1, 0.15) is 58.3 Å². The Labute approximate surface area is 165 Å². The van der Waals surface area contributed by atoms with Crippen LogP contribution in [0.3, 0.4) is 0 Å². The maximum Gasteiger partial charge on any atom is 0.243 e. The van der Waals surface area contributed by atoms with Gasteiger partial charge in [-0.15, -0.1) is 0 Å². The topological polar surface area (TPSA) is 51.2 Å². The molecule has 1 saturated carbocycles. The number of likely N-dealkylation sites (N-methyl/N-ethyl adjacent to an activating group) is 1. The van der Waals surface area contributed by atoms with Crippen LogP contribution in [0, 0.1) is 5.92 Å². The highest BCUT2D eigenvalue weighted by Gasteiger charge is 2.32. The summed E-state index contributed by atoms with van der Waals surface area (Å²) in [6.07, 6.45) is 10.4. The predicted molar refractivity (Wildman–Crippen MR) is 111 cm³/mol. The first-order valence-electron chi connectivity index (χ1n) is 11.0. The van der Waals surface area contributed by atoms with Gasteiger partial charge in [0, 0.05) is 39.3 Å². The van der Waals surface area contributed by atoms with Crippen molar-refractivity contribution < 1.29 is 4.79 Å². The normalized spacial score (nSPS) is 30.4. The van der Waals surface area contributed by atoms with Gasteiger partial charge in [-0.05, 0) is 51.1 Å². The number of aliphatic imine (C=N–C) groups is 1. The van der Waals surface area contributed by atoms with Gasteiger partial charge in [0.15, 0.2) is 5.96 Å². The van der Waals surface area contributed by atoms with E-state index in [1.165, 1.54) is 64.5 Å². The van der Waals surface area contributed by atoms with Crippen molar-refractivity contribution in [1.29, 1.82) is 0 Å². The maximum atomic E-state index is 12.1. The van der Waals surface area contributed by atoms with Crippen LogP contribution < -0.4 is 5.32 Å². The number of rotatable bonds is 4. The van der Waals surface area contributed by atoms with E-state index >= 15 is 0 Å². The van der Waals surface area contributed by atoms with E-state index in [-0.39, 0.29) is 12.5 Å². The molecule has 0 bridgehead atoms. The van der Waals surface area contributed by atoms with E-state index in [0.29, 0.717) is 18.0 Å². The number of amides is 1. The Hall–Kier alpha value is -1.30. The molecule has 3 rings (SSSR count). The fourth-order valence-electron chi connectivity index (χ4n) is 4.73. The van der Waals surface area contributed by atoms with Crippen LogP contribution in [-0.2, 0) is 4.79 Å². The first-order chi connectivity index (χ1) is 13.0. The van der Waals surface area contributed by atoms with Crippen molar-refractivity contribution in [3.63, 3.8) is 0 Å². The van der Waals surface area contributed by atoms with Crippen molar-refractivity contribution in [3.05, 3.63) is 0 Å². The molecule has 0 radical (unpaired) electrons. The van der Waals surface area contributed by atoms with E-state index < -0.39 is 0 Å². The van der Waals surface area contributed by atoms with E-state index in [2.05, 4.69) is 22.0 Å². The minimum absolute atomic E-state index is 0.0674. The smallest absolute Gasteiger partial charge is 0.243 e. The summed E-state index contributed by atoms with van der Waals surface area (Å²) < 4.78 is 0. The largest absolute Gasteiger partial charge is 0.353 e. The molecule has 27 heavy (non-hydrogen) atoms. The fourth-order valence-corrected chi connectivity index (χ4v) is 4.73.